The highest BCUT2D eigenvalue weighted by Crippen LogP contribution is 2.19. The Morgan fingerprint density at radius 1 is 0.212 bits per heavy atom. The first kappa shape index (κ1) is 89.2. The summed E-state index contributed by atoms with van der Waals surface area (Å²) in [6, 6.07) is 22.3. The predicted molar refractivity (Wildman–Crippen MR) is 396 cm³/mol. The maximum atomic E-state index is 14.1. The number of nitrogens with one attached hydrogen (secondary N) is 6. The first-order chi connectivity index (χ1) is 50.2. The number of benzene rings is 3. The van der Waals surface area contributed by atoms with Gasteiger partial charge in [0.2, 0.25) is 70.9 Å². The molecule has 0 aliphatic rings. The molecule has 0 aromatic heterocycles. The number of nitrogens with zero attached hydrogens (tertiary/aromatic N) is 6. The Balaban J connectivity index is 1.84. The third-order valence-electron chi connectivity index (χ3n) is 16.6. The normalized spacial score (nSPS) is 10.8. The van der Waals surface area contributed by atoms with E-state index < -0.39 is 0 Å². The van der Waals surface area contributed by atoms with Crippen molar-refractivity contribution in [3.05, 3.63) is 106 Å². The summed E-state index contributed by atoms with van der Waals surface area (Å²) in [4.78, 5) is 167. The van der Waals surface area contributed by atoms with E-state index >= 15 is 0 Å². The van der Waals surface area contributed by atoms with Gasteiger partial charge >= 0.3 is 0 Å². The minimum Gasteiger partial charge on any atom is -0.355 e. The van der Waals surface area contributed by atoms with Crippen LogP contribution in [0.2, 0.25) is 0 Å². The van der Waals surface area contributed by atoms with Gasteiger partial charge in [-0.1, -0.05) is 72.8 Å². The summed E-state index contributed by atoms with van der Waals surface area (Å²) < 4.78 is 0. The number of amides is 12. The van der Waals surface area contributed by atoms with Gasteiger partial charge in [-0.25, -0.2) is 0 Å². The Hall–Kier alpha value is -9.02. The van der Waals surface area contributed by atoms with Crippen LogP contribution in [-0.2, 0) is 96.8 Å². The number of hydrogen-bond acceptors (Lipinski definition) is 20. The fraction of sp³-hybridized carbons (Fsp3) is 0.583. The lowest BCUT2D eigenvalue weighted by Crippen LogP contribution is -2.36. The van der Waals surface area contributed by atoms with Crippen LogP contribution in [0, 0.1) is 0 Å². The Bertz CT molecular complexity index is 2890. The van der Waals surface area contributed by atoms with Gasteiger partial charge in [0.1, 0.15) is 0 Å². The number of carbonyl (C=O) groups is 12. The molecule has 0 bridgehead atoms. The van der Waals surface area contributed by atoms with Crippen molar-refractivity contribution >= 4 is 70.9 Å². The van der Waals surface area contributed by atoms with Gasteiger partial charge in [-0.2, -0.15) is 0 Å². The minimum atomic E-state index is -0.323. The zero-order valence-electron chi connectivity index (χ0n) is 60.8. The fourth-order valence-electron chi connectivity index (χ4n) is 10.9. The third-order valence-corrected chi connectivity index (χ3v) is 16.6. The molecule has 0 aliphatic carbocycles. The van der Waals surface area contributed by atoms with Gasteiger partial charge in [-0.15, -0.1) is 0 Å². The van der Waals surface area contributed by atoms with Crippen molar-refractivity contribution < 1.29 is 57.5 Å². The monoisotopic (exact) mass is 1450 g/mol. The molecule has 0 unspecified atom stereocenters. The molecule has 3 rings (SSSR count). The van der Waals surface area contributed by atoms with Gasteiger partial charge in [0, 0.05) is 247 Å². The number of rotatable bonds is 56. The first-order valence-electron chi connectivity index (χ1n) is 36.3. The molecular weight excluding hydrogens is 1340 g/mol. The van der Waals surface area contributed by atoms with Crippen molar-refractivity contribution in [2.24, 2.45) is 45.9 Å². The predicted octanol–water partition coefficient (Wildman–Crippen LogP) is -2.33. The molecule has 0 heterocycles. The van der Waals surface area contributed by atoms with E-state index in [0.717, 1.165) is 33.4 Å². The molecule has 0 spiro atoms. The van der Waals surface area contributed by atoms with Crippen molar-refractivity contribution in [2.75, 3.05) is 131 Å². The Labute approximate surface area is 612 Å². The maximum absolute atomic E-state index is 14.1. The molecule has 22 N–H and O–H groups in total. The average molecular weight is 1460 g/mol. The van der Waals surface area contributed by atoms with E-state index in [2.05, 4.69) is 31.9 Å². The average Bonchev–Trinajstić information content (AvgIpc) is 0.880. The van der Waals surface area contributed by atoms with Crippen molar-refractivity contribution in [3.63, 3.8) is 0 Å². The van der Waals surface area contributed by atoms with E-state index in [1.165, 1.54) is 0 Å². The molecule has 12 amide bonds. The quantitative estimate of drug-likeness (QED) is 0.0264. The molecule has 0 saturated heterocycles. The van der Waals surface area contributed by atoms with E-state index in [1.807, 2.05) is 72.8 Å². The highest BCUT2D eigenvalue weighted by atomic mass is 16.2. The van der Waals surface area contributed by atoms with Crippen molar-refractivity contribution in [1.29, 1.82) is 0 Å². The second-order valence-electron chi connectivity index (χ2n) is 25.2. The fourth-order valence-corrected chi connectivity index (χ4v) is 10.9. The van der Waals surface area contributed by atoms with Crippen LogP contribution in [0.3, 0.4) is 0 Å². The number of nitrogens with two attached hydrogens (primary N) is 8. The lowest BCUT2D eigenvalue weighted by molar-refractivity contribution is -0.135. The summed E-state index contributed by atoms with van der Waals surface area (Å²) in [5, 5.41) is 16.2. The van der Waals surface area contributed by atoms with E-state index in [9.17, 15) is 57.5 Å². The number of carbonyl (C=O) groups excluding carboxylic acids is 12. The van der Waals surface area contributed by atoms with Gasteiger partial charge in [0.15, 0.2) is 0 Å². The van der Waals surface area contributed by atoms with Crippen molar-refractivity contribution in [2.45, 2.75) is 142 Å². The van der Waals surface area contributed by atoms with E-state index in [-0.39, 0.29) is 305 Å². The van der Waals surface area contributed by atoms with Crippen molar-refractivity contribution in [3.8, 4) is 0 Å². The van der Waals surface area contributed by atoms with Crippen LogP contribution in [-0.4, -0.2) is 231 Å². The summed E-state index contributed by atoms with van der Waals surface area (Å²) in [5.74, 6) is -3.33. The molecule has 104 heavy (non-hydrogen) atoms. The summed E-state index contributed by atoms with van der Waals surface area (Å²) in [6.07, 6.45) is 1.33. The zero-order valence-corrected chi connectivity index (χ0v) is 60.8. The second kappa shape index (κ2) is 53.7. The van der Waals surface area contributed by atoms with Crippen molar-refractivity contribution in [1.82, 2.24) is 61.3 Å². The molecular formula is C72H118N20O12. The van der Waals surface area contributed by atoms with Gasteiger partial charge in [-0.05, 0) is 59.1 Å². The summed E-state index contributed by atoms with van der Waals surface area (Å²) in [7, 11) is 0. The Morgan fingerprint density at radius 2 is 0.356 bits per heavy atom. The van der Waals surface area contributed by atoms with Gasteiger partial charge in [-0.3, -0.25) is 57.5 Å². The zero-order chi connectivity index (χ0) is 76.3. The molecule has 578 valence electrons. The van der Waals surface area contributed by atoms with Crippen LogP contribution in [0.5, 0.6) is 0 Å². The summed E-state index contributed by atoms with van der Waals surface area (Å²) in [5.41, 5.74) is 49.8. The molecule has 0 radical (unpaired) electrons. The van der Waals surface area contributed by atoms with Crippen LogP contribution >= 0.6 is 0 Å². The topological polar surface area (TPSA) is 505 Å². The molecule has 32 heteroatoms. The molecule has 0 saturated carbocycles. The number of unbranched alkanes of at least 4 members (excludes halogenated alkanes) is 2. The number of hydrogen-bond donors (Lipinski definition) is 14. The van der Waals surface area contributed by atoms with E-state index in [0.29, 0.717) is 38.8 Å². The van der Waals surface area contributed by atoms with Crippen LogP contribution in [0.1, 0.15) is 136 Å². The standard InChI is InChI=1S/C72H118N20O12/c73-29-37-81-61(93)17-23-67(99)87(43-1-3-45-89(69(101)25-19-63(95)83-39-31-75)51-57-9-13-59(14-10-57)53-91(47-35-79)71(103)27-21-65(97)85-41-33-77)49-55-5-7-56(8-6-55)50-88(68(100)24-18-62(94)82-38-30-74)44-2-4-46-90(70(102)26-20-64(96)84-40-32-76)52-58-11-15-60(16-12-58)54-92(48-36-80)72(104)28-22-66(98)86-42-34-78/h5-16H,1-4,17-54,73-80H2,(H,81,93)(H,82,94)(H,83,95)(H,84,96)(H,85,97)(H,86,98). The van der Waals surface area contributed by atoms with Crippen LogP contribution < -0.4 is 77.8 Å². The highest BCUT2D eigenvalue weighted by Gasteiger charge is 2.24. The van der Waals surface area contributed by atoms with Crippen LogP contribution in [0.4, 0.5) is 0 Å². The maximum Gasteiger partial charge on any atom is 0.223 e. The molecule has 0 atom stereocenters. The lowest BCUT2D eigenvalue weighted by atomic mass is 10.1. The lowest BCUT2D eigenvalue weighted by Gasteiger charge is -2.26. The van der Waals surface area contributed by atoms with Gasteiger partial charge < -0.3 is 107 Å². The van der Waals surface area contributed by atoms with Crippen LogP contribution in [0.15, 0.2) is 72.8 Å². The minimum absolute atomic E-state index is 0.00296. The first-order valence-corrected chi connectivity index (χ1v) is 36.3. The summed E-state index contributed by atoms with van der Waals surface area (Å²) >= 11 is 0. The third kappa shape index (κ3) is 38.5. The molecule has 32 nitrogen and oxygen atoms in total. The van der Waals surface area contributed by atoms with Gasteiger partial charge in [0.05, 0.1) is 0 Å². The second-order valence-corrected chi connectivity index (χ2v) is 25.2. The smallest absolute Gasteiger partial charge is 0.223 e. The molecule has 0 aliphatic heterocycles. The van der Waals surface area contributed by atoms with Crippen LogP contribution in [0.25, 0.3) is 0 Å². The molecule has 3 aromatic rings. The molecule has 0 fully saturated rings. The Kier molecular flexibility index (Phi) is 46.1. The molecule has 3 aromatic carbocycles. The Morgan fingerprint density at radius 3 is 0.490 bits per heavy atom. The summed E-state index contributed by atoms with van der Waals surface area (Å²) in [6.45, 7) is 6.50. The van der Waals surface area contributed by atoms with Gasteiger partial charge in [0.25, 0.3) is 0 Å². The van der Waals surface area contributed by atoms with E-state index in [4.69, 9.17) is 45.9 Å². The van der Waals surface area contributed by atoms with E-state index in [1.54, 1.807) is 29.4 Å². The highest BCUT2D eigenvalue weighted by molar-refractivity contribution is 5.87. The SMILES string of the molecule is NCCNC(=O)CCC(=O)N(CCN)Cc1ccc(CN(CCCCN(Cc2ccc(CN(CCCCN(Cc3ccc(CN(CCN)C(=O)CCC(=O)NCCN)cc3)C(=O)CCC(=O)NCCN)C(=O)CCC(=O)NCCN)cc2)C(=O)CCC(=O)NCCN)C(=O)CCC(=O)NCCN)cc1. The largest absolute Gasteiger partial charge is 0.355 e.